The Morgan fingerprint density at radius 2 is 2.19 bits per heavy atom. The topological polar surface area (TPSA) is 119 Å². The minimum Gasteiger partial charge on any atom is -0.444 e. The maximum atomic E-state index is 12.1. The Kier molecular flexibility index (Phi) is 5.38. The predicted octanol–water partition coefficient (Wildman–Crippen LogP) is 0.150. The number of nitrogens with zero attached hydrogens (tertiary/aromatic N) is 2. The molecule has 0 saturated carbocycles. The van der Waals surface area contributed by atoms with Gasteiger partial charge in [0.05, 0.1) is 12.3 Å². The molecule has 27 heavy (non-hydrogen) atoms. The van der Waals surface area contributed by atoms with Gasteiger partial charge in [-0.05, 0) is 32.9 Å². The molecule has 2 aliphatic rings. The molecule has 0 bridgehead atoms. The Labute approximate surface area is 157 Å². The third-order valence-electron chi connectivity index (χ3n) is 4.01. The summed E-state index contributed by atoms with van der Waals surface area (Å²) in [4.78, 5) is 24.0. The summed E-state index contributed by atoms with van der Waals surface area (Å²) >= 11 is 0. The van der Waals surface area contributed by atoms with Crippen molar-refractivity contribution in [3.05, 3.63) is 29.7 Å². The monoisotopic (exact) mass is 378 g/mol. The van der Waals surface area contributed by atoms with Crippen molar-refractivity contribution >= 4 is 12.0 Å². The molecule has 3 rings (SSSR count). The van der Waals surface area contributed by atoms with Gasteiger partial charge in [0.25, 0.3) is 5.91 Å². The highest BCUT2D eigenvalue weighted by molar-refractivity contribution is 5.92. The molecular weight excluding hydrogens is 352 g/mol. The van der Waals surface area contributed by atoms with E-state index < -0.39 is 6.09 Å². The van der Waals surface area contributed by atoms with Gasteiger partial charge >= 0.3 is 6.09 Å². The van der Waals surface area contributed by atoms with Gasteiger partial charge < -0.3 is 25.5 Å². The fraction of sp³-hybridized carbons (Fsp3) is 0.588. The quantitative estimate of drug-likeness (QED) is 0.589. The van der Waals surface area contributed by atoms with E-state index in [9.17, 15) is 9.59 Å². The van der Waals surface area contributed by atoms with Gasteiger partial charge in [0.15, 0.2) is 0 Å². The fourth-order valence-electron chi connectivity index (χ4n) is 2.83. The third kappa shape index (κ3) is 5.20. The molecule has 148 valence electrons. The van der Waals surface area contributed by atoms with E-state index in [1.807, 2.05) is 26.8 Å². The zero-order valence-electron chi connectivity index (χ0n) is 15.9. The predicted molar refractivity (Wildman–Crippen MR) is 96.3 cm³/mol. The second kappa shape index (κ2) is 7.57. The first-order valence-electron chi connectivity index (χ1n) is 8.84. The van der Waals surface area contributed by atoms with Crippen molar-refractivity contribution in [1.82, 2.24) is 31.3 Å². The minimum atomic E-state index is -0.455. The summed E-state index contributed by atoms with van der Waals surface area (Å²) in [5, 5.41) is 9.65. The van der Waals surface area contributed by atoms with Crippen molar-refractivity contribution in [2.45, 2.75) is 51.1 Å². The Hall–Kier alpha value is -2.59. The van der Waals surface area contributed by atoms with Crippen LogP contribution in [0.4, 0.5) is 4.79 Å². The van der Waals surface area contributed by atoms with E-state index in [0.29, 0.717) is 18.7 Å². The van der Waals surface area contributed by atoms with E-state index in [1.54, 1.807) is 24.0 Å². The van der Waals surface area contributed by atoms with Gasteiger partial charge in [0, 0.05) is 25.2 Å². The summed E-state index contributed by atoms with van der Waals surface area (Å²) < 4.78 is 12.7. The van der Waals surface area contributed by atoms with Crippen LogP contribution in [0.5, 0.6) is 0 Å². The van der Waals surface area contributed by atoms with Gasteiger partial charge in [-0.25, -0.2) is 10.2 Å². The second-order valence-corrected chi connectivity index (χ2v) is 7.68. The molecule has 0 aliphatic carbocycles. The van der Waals surface area contributed by atoms with Crippen molar-refractivity contribution in [3.8, 4) is 0 Å². The zero-order chi connectivity index (χ0) is 19.6. The summed E-state index contributed by atoms with van der Waals surface area (Å²) in [6.45, 7) is 5.99. The number of carbonyl (C=O) groups is 2. The molecule has 10 heteroatoms. The van der Waals surface area contributed by atoms with Crippen LogP contribution in [0.15, 0.2) is 24.0 Å². The van der Waals surface area contributed by atoms with Crippen molar-refractivity contribution in [2.24, 2.45) is 7.05 Å². The number of nitrogens with one attached hydrogen (secondary N) is 4. The summed E-state index contributed by atoms with van der Waals surface area (Å²) in [6, 6.07) is 1.65. The van der Waals surface area contributed by atoms with Crippen LogP contribution in [0, 0.1) is 0 Å². The fourth-order valence-corrected chi connectivity index (χ4v) is 2.83. The highest BCUT2D eigenvalue weighted by Crippen LogP contribution is 2.23. The van der Waals surface area contributed by atoms with Gasteiger partial charge in [0.2, 0.25) is 0 Å². The molecule has 3 heterocycles. The number of rotatable bonds is 4. The lowest BCUT2D eigenvalue weighted by molar-refractivity contribution is 0.0715. The Bertz CT molecular complexity index is 738. The van der Waals surface area contributed by atoms with Crippen molar-refractivity contribution in [1.29, 1.82) is 0 Å². The summed E-state index contributed by atoms with van der Waals surface area (Å²) in [5.74, 6) is -0.278. The average Bonchev–Trinajstić information content (AvgIpc) is 3.26. The molecule has 1 saturated heterocycles. The number of hydrogen-bond acceptors (Lipinski definition) is 7. The highest BCUT2D eigenvalue weighted by Gasteiger charge is 2.34. The molecule has 1 fully saturated rings. The number of amides is 2. The SMILES string of the molecule is Cn1ccc(C(=O)NC2C=C(C3CC(OC(=O)NC(C)(C)C)CO3)NN2)n1. The zero-order valence-corrected chi connectivity index (χ0v) is 15.9. The number of aryl methyl sites for hydroxylation is 1. The van der Waals surface area contributed by atoms with Crippen LogP contribution >= 0.6 is 0 Å². The van der Waals surface area contributed by atoms with E-state index >= 15 is 0 Å². The third-order valence-corrected chi connectivity index (χ3v) is 4.01. The normalized spacial score (nSPS) is 24.9. The van der Waals surface area contributed by atoms with Gasteiger partial charge in [-0.2, -0.15) is 5.10 Å². The molecule has 0 aromatic carbocycles. The molecule has 4 N–H and O–H groups in total. The van der Waals surface area contributed by atoms with E-state index in [2.05, 4.69) is 26.6 Å². The average molecular weight is 378 g/mol. The molecule has 10 nitrogen and oxygen atoms in total. The van der Waals surface area contributed by atoms with Crippen LogP contribution < -0.4 is 21.5 Å². The number of carbonyl (C=O) groups excluding carboxylic acids is 2. The van der Waals surface area contributed by atoms with Crippen molar-refractivity contribution in [2.75, 3.05) is 6.61 Å². The van der Waals surface area contributed by atoms with Gasteiger partial charge in [-0.15, -0.1) is 0 Å². The molecule has 1 aromatic heterocycles. The molecule has 2 aliphatic heterocycles. The summed E-state index contributed by atoms with van der Waals surface area (Å²) in [6.07, 6.45) is 2.69. The maximum absolute atomic E-state index is 12.1. The number of hydrogen-bond donors (Lipinski definition) is 4. The molecule has 3 unspecified atom stereocenters. The Balaban J connectivity index is 1.49. The maximum Gasteiger partial charge on any atom is 0.407 e. The smallest absolute Gasteiger partial charge is 0.407 e. The number of alkyl carbamates (subject to hydrolysis) is 1. The van der Waals surface area contributed by atoms with E-state index in [0.717, 1.165) is 5.70 Å². The molecule has 0 radical (unpaired) electrons. The molecule has 1 aromatic rings. The van der Waals surface area contributed by atoms with Crippen LogP contribution in [0.3, 0.4) is 0 Å². The number of aromatic nitrogens is 2. The Morgan fingerprint density at radius 3 is 2.85 bits per heavy atom. The van der Waals surface area contributed by atoms with E-state index in [-0.39, 0.29) is 29.8 Å². The van der Waals surface area contributed by atoms with E-state index in [4.69, 9.17) is 9.47 Å². The molecular formula is C17H26N6O4. The van der Waals surface area contributed by atoms with Gasteiger partial charge in [-0.3, -0.25) is 9.48 Å². The number of ether oxygens (including phenoxy) is 2. The lowest BCUT2D eigenvalue weighted by atomic mass is 10.1. The van der Waals surface area contributed by atoms with Gasteiger partial charge in [-0.1, -0.05) is 0 Å². The van der Waals surface area contributed by atoms with Crippen LogP contribution in [0.2, 0.25) is 0 Å². The van der Waals surface area contributed by atoms with Crippen LogP contribution in [-0.4, -0.2) is 52.3 Å². The number of hydrazine groups is 1. The largest absolute Gasteiger partial charge is 0.444 e. The first-order chi connectivity index (χ1) is 12.7. The Morgan fingerprint density at radius 1 is 1.41 bits per heavy atom. The first kappa shape index (κ1) is 19.2. The second-order valence-electron chi connectivity index (χ2n) is 7.68. The van der Waals surface area contributed by atoms with Crippen LogP contribution in [0.25, 0.3) is 0 Å². The van der Waals surface area contributed by atoms with Crippen molar-refractivity contribution < 1.29 is 19.1 Å². The van der Waals surface area contributed by atoms with Gasteiger partial charge in [0.1, 0.15) is 24.1 Å². The minimum absolute atomic E-state index is 0.235. The highest BCUT2D eigenvalue weighted by atomic mass is 16.6. The lowest BCUT2D eigenvalue weighted by Gasteiger charge is -2.21. The van der Waals surface area contributed by atoms with Crippen molar-refractivity contribution in [3.63, 3.8) is 0 Å². The molecule has 3 atom stereocenters. The van der Waals surface area contributed by atoms with Crippen LogP contribution in [0.1, 0.15) is 37.7 Å². The van der Waals surface area contributed by atoms with E-state index in [1.165, 1.54) is 0 Å². The van der Waals surface area contributed by atoms with Crippen LogP contribution in [-0.2, 0) is 16.5 Å². The summed E-state index contributed by atoms with van der Waals surface area (Å²) in [7, 11) is 1.75. The lowest BCUT2D eigenvalue weighted by Crippen LogP contribution is -2.45. The standard InChI is InChI=1S/C17H26N6O4/c1-17(2,3)19-16(25)27-10-7-13(26-9-10)12-8-14(21-20-12)18-15(24)11-5-6-23(4)22-11/h5-6,8,10,13-14,20-21H,7,9H2,1-4H3,(H,18,24)(H,19,25). The molecule has 2 amide bonds. The summed E-state index contributed by atoms with van der Waals surface area (Å²) in [5.41, 5.74) is 6.77. The first-order valence-corrected chi connectivity index (χ1v) is 8.84. The molecule has 0 spiro atoms.